The summed E-state index contributed by atoms with van der Waals surface area (Å²) in [6.07, 6.45) is 4.72. The lowest BCUT2D eigenvalue weighted by Crippen LogP contribution is -2.37. The zero-order chi connectivity index (χ0) is 16.9. The fourth-order valence-corrected chi connectivity index (χ4v) is 3.33. The summed E-state index contributed by atoms with van der Waals surface area (Å²) in [5.41, 5.74) is 3.76. The van der Waals surface area contributed by atoms with E-state index in [1.807, 2.05) is 22.8 Å². The number of fused-ring (bicyclic) bond motifs is 1. The largest absolute Gasteiger partial charge is 0.497 e. The molecular formula is C20H24N2O2. The average molecular weight is 324 g/mol. The molecule has 1 aromatic carbocycles. The molecule has 4 heteroatoms. The molecule has 1 aliphatic carbocycles. The molecule has 0 spiro atoms. The summed E-state index contributed by atoms with van der Waals surface area (Å²) in [6, 6.07) is 12.2. The molecule has 4 nitrogen and oxygen atoms in total. The Hall–Kier alpha value is -2.33. The second kappa shape index (κ2) is 7.49. The maximum atomic E-state index is 12.0. The maximum Gasteiger partial charge on any atom is 0.251 e. The van der Waals surface area contributed by atoms with Crippen LogP contribution in [0.5, 0.6) is 5.75 Å². The molecule has 0 amide bonds. The smallest absolute Gasteiger partial charge is 0.251 e. The van der Waals surface area contributed by atoms with E-state index < -0.39 is 0 Å². The first kappa shape index (κ1) is 16.5. The zero-order valence-electron chi connectivity index (χ0n) is 14.1. The Morgan fingerprint density at radius 1 is 1.29 bits per heavy atom. The molecule has 0 aliphatic heterocycles. The van der Waals surface area contributed by atoms with Crippen LogP contribution in [-0.4, -0.2) is 17.7 Å². The van der Waals surface area contributed by atoms with Crippen molar-refractivity contribution in [1.82, 2.24) is 9.88 Å². The molecule has 126 valence electrons. The molecule has 24 heavy (non-hydrogen) atoms. The Kier molecular flexibility index (Phi) is 5.16. The number of aromatic nitrogens is 1. The molecule has 1 N–H and O–H groups in total. The van der Waals surface area contributed by atoms with E-state index in [-0.39, 0.29) is 5.56 Å². The van der Waals surface area contributed by atoms with E-state index in [4.69, 9.17) is 4.74 Å². The summed E-state index contributed by atoms with van der Waals surface area (Å²) < 4.78 is 7.04. The summed E-state index contributed by atoms with van der Waals surface area (Å²) in [7, 11) is 1.68. The van der Waals surface area contributed by atoms with Crippen molar-refractivity contribution in [3.63, 3.8) is 0 Å². The van der Waals surface area contributed by atoms with Crippen molar-refractivity contribution in [3.8, 4) is 5.75 Å². The Bertz CT molecular complexity index is 762. The molecule has 0 radical (unpaired) electrons. The highest BCUT2D eigenvalue weighted by atomic mass is 16.5. The van der Waals surface area contributed by atoms with Crippen LogP contribution in [0.2, 0.25) is 0 Å². The normalized spacial score (nSPS) is 16.5. The SMILES string of the molecule is C=CCn1c2c(ccc1=O)C[C@@H](NCc1ccc(OC)cc1)CC2. The van der Waals surface area contributed by atoms with Gasteiger partial charge in [0.2, 0.25) is 0 Å². The number of pyridine rings is 1. The van der Waals surface area contributed by atoms with E-state index in [1.54, 1.807) is 19.3 Å². The van der Waals surface area contributed by atoms with Crippen LogP contribution in [0, 0.1) is 0 Å². The first-order valence-electron chi connectivity index (χ1n) is 8.40. The summed E-state index contributed by atoms with van der Waals surface area (Å²) in [5, 5.41) is 3.63. The van der Waals surface area contributed by atoms with Gasteiger partial charge in [-0.15, -0.1) is 6.58 Å². The molecule has 0 unspecified atom stereocenters. The van der Waals surface area contributed by atoms with Gasteiger partial charge in [0.05, 0.1) is 7.11 Å². The second-order valence-electron chi connectivity index (χ2n) is 6.21. The van der Waals surface area contributed by atoms with E-state index in [9.17, 15) is 4.79 Å². The lowest BCUT2D eigenvalue weighted by atomic mass is 9.91. The van der Waals surface area contributed by atoms with Crippen LogP contribution >= 0.6 is 0 Å². The first-order chi connectivity index (χ1) is 11.7. The number of hydrogen-bond acceptors (Lipinski definition) is 3. The van der Waals surface area contributed by atoms with Gasteiger partial charge >= 0.3 is 0 Å². The van der Waals surface area contributed by atoms with Crippen molar-refractivity contribution < 1.29 is 4.74 Å². The number of benzene rings is 1. The van der Waals surface area contributed by atoms with E-state index in [0.717, 1.165) is 31.6 Å². The highest BCUT2D eigenvalue weighted by Crippen LogP contribution is 2.21. The molecule has 1 aliphatic rings. The first-order valence-corrected chi connectivity index (χ1v) is 8.40. The number of ether oxygens (including phenoxy) is 1. The number of allylic oxidation sites excluding steroid dienone is 1. The molecule has 0 fully saturated rings. The van der Waals surface area contributed by atoms with Crippen molar-refractivity contribution >= 4 is 0 Å². The Labute approximate surface area is 142 Å². The maximum absolute atomic E-state index is 12.0. The molecule has 1 heterocycles. The third kappa shape index (κ3) is 3.60. The number of rotatable bonds is 6. The van der Waals surface area contributed by atoms with E-state index in [2.05, 4.69) is 24.0 Å². The summed E-state index contributed by atoms with van der Waals surface area (Å²) in [6.45, 7) is 5.19. The van der Waals surface area contributed by atoms with Crippen LogP contribution < -0.4 is 15.6 Å². The third-order valence-electron chi connectivity index (χ3n) is 4.65. The highest BCUT2D eigenvalue weighted by molar-refractivity contribution is 5.28. The minimum absolute atomic E-state index is 0.0679. The van der Waals surface area contributed by atoms with Gasteiger partial charge in [-0.25, -0.2) is 0 Å². The van der Waals surface area contributed by atoms with Gasteiger partial charge < -0.3 is 14.6 Å². The van der Waals surface area contributed by atoms with Gasteiger partial charge in [0.15, 0.2) is 0 Å². The van der Waals surface area contributed by atoms with Crippen LogP contribution in [0.15, 0.2) is 53.8 Å². The fourth-order valence-electron chi connectivity index (χ4n) is 3.33. The number of hydrogen-bond donors (Lipinski definition) is 1. The van der Waals surface area contributed by atoms with E-state index in [0.29, 0.717) is 12.6 Å². The van der Waals surface area contributed by atoms with Gasteiger partial charge in [0.25, 0.3) is 5.56 Å². The molecule has 1 atom stereocenters. The van der Waals surface area contributed by atoms with Crippen LogP contribution in [0.4, 0.5) is 0 Å². The number of methoxy groups -OCH3 is 1. The van der Waals surface area contributed by atoms with Gasteiger partial charge in [0, 0.05) is 30.9 Å². The molecule has 1 aromatic heterocycles. The lowest BCUT2D eigenvalue weighted by Gasteiger charge is -2.27. The van der Waals surface area contributed by atoms with Gasteiger partial charge in [-0.3, -0.25) is 4.79 Å². The van der Waals surface area contributed by atoms with Crippen LogP contribution in [0.25, 0.3) is 0 Å². The third-order valence-corrected chi connectivity index (χ3v) is 4.65. The van der Waals surface area contributed by atoms with Crippen LogP contribution in [0.1, 0.15) is 23.2 Å². The Balaban J connectivity index is 1.65. The molecule has 0 saturated heterocycles. The van der Waals surface area contributed by atoms with Gasteiger partial charge in [-0.05, 0) is 42.5 Å². The zero-order valence-corrected chi connectivity index (χ0v) is 14.1. The molecule has 0 saturated carbocycles. The quantitative estimate of drug-likeness (QED) is 0.831. The minimum atomic E-state index is 0.0679. The summed E-state index contributed by atoms with van der Waals surface area (Å²) in [5.74, 6) is 0.880. The molecule has 2 aromatic rings. The highest BCUT2D eigenvalue weighted by Gasteiger charge is 2.20. The molecule has 3 rings (SSSR count). The van der Waals surface area contributed by atoms with Crippen LogP contribution in [-0.2, 0) is 25.9 Å². The van der Waals surface area contributed by atoms with Crippen molar-refractivity contribution in [2.75, 3.05) is 7.11 Å². The minimum Gasteiger partial charge on any atom is -0.497 e. The van der Waals surface area contributed by atoms with Crippen LogP contribution in [0.3, 0.4) is 0 Å². The summed E-state index contributed by atoms with van der Waals surface area (Å²) >= 11 is 0. The lowest BCUT2D eigenvalue weighted by molar-refractivity contribution is 0.414. The Morgan fingerprint density at radius 3 is 2.79 bits per heavy atom. The molecule has 0 bridgehead atoms. The van der Waals surface area contributed by atoms with Gasteiger partial charge in [-0.2, -0.15) is 0 Å². The number of nitrogens with zero attached hydrogens (tertiary/aromatic N) is 1. The molecular weight excluding hydrogens is 300 g/mol. The topological polar surface area (TPSA) is 43.3 Å². The van der Waals surface area contributed by atoms with Crippen molar-refractivity contribution in [2.24, 2.45) is 0 Å². The van der Waals surface area contributed by atoms with Crippen molar-refractivity contribution in [1.29, 1.82) is 0 Å². The average Bonchev–Trinajstić information content (AvgIpc) is 2.63. The van der Waals surface area contributed by atoms with Crippen molar-refractivity contribution in [3.05, 3.63) is 76.2 Å². The Morgan fingerprint density at radius 2 is 2.08 bits per heavy atom. The van der Waals surface area contributed by atoms with Gasteiger partial charge in [0.1, 0.15) is 5.75 Å². The predicted octanol–water partition coefficient (Wildman–Crippen LogP) is 2.69. The van der Waals surface area contributed by atoms with E-state index >= 15 is 0 Å². The summed E-state index contributed by atoms with van der Waals surface area (Å²) in [4.78, 5) is 12.0. The predicted molar refractivity (Wildman–Crippen MR) is 96.5 cm³/mol. The standard InChI is InChI=1S/C20H24N2O2/c1-3-12-22-19-10-7-17(13-16(19)6-11-20(22)23)21-14-15-4-8-18(24-2)9-5-15/h3-6,8-9,11,17,21H,1,7,10,12-14H2,2H3/t17-/m0/s1. The fraction of sp³-hybridized carbons (Fsp3) is 0.350. The van der Waals surface area contributed by atoms with Gasteiger partial charge in [-0.1, -0.05) is 24.3 Å². The van der Waals surface area contributed by atoms with E-state index in [1.165, 1.54) is 16.8 Å². The number of nitrogens with one attached hydrogen (secondary N) is 1. The second-order valence-corrected chi connectivity index (χ2v) is 6.21. The van der Waals surface area contributed by atoms with Crippen molar-refractivity contribution in [2.45, 2.75) is 38.4 Å². The monoisotopic (exact) mass is 324 g/mol.